The van der Waals surface area contributed by atoms with Gasteiger partial charge < -0.3 is 14.5 Å². The molecule has 7 rings (SSSR count). The molecule has 5 nitrogen and oxygen atoms in total. The van der Waals surface area contributed by atoms with Gasteiger partial charge in [0, 0.05) is 45.4 Å². The van der Waals surface area contributed by atoms with Crippen LogP contribution in [-0.2, 0) is 28.1 Å². The summed E-state index contributed by atoms with van der Waals surface area (Å²) in [6, 6.07) is 35.3. The second-order valence-corrected chi connectivity index (χ2v) is 12.7. The van der Waals surface area contributed by atoms with Gasteiger partial charge in [0.15, 0.2) is 6.71 Å². The van der Waals surface area contributed by atoms with E-state index >= 15 is 0 Å². The number of hydrogen-bond donors (Lipinski definition) is 0. The quantitative estimate of drug-likeness (QED) is 0.134. The van der Waals surface area contributed by atoms with Crippen molar-refractivity contribution in [1.29, 1.82) is 0 Å². The largest absolute Gasteiger partial charge is 0.460 e. The Bertz CT molecular complexity index is 2020. The van der Waals surface area contributed by atoms with Crippen LogP contribution in [0.3, 0.4) is 0 Å². The summed E-state index contributed by atoms with van der Waals surface area (Å²) in [5, 5.41) is 6.80. The molecule has 0 saturated carbocycles. The standard InChI is InChI=1S/C41H39BN5.Pt/c1-28-23-29(2)39(30(3)24-28)42(36-19-14-22-38(26-36)47-27-46(32(5)44-47)37-20-11-8-12-21-37)35-18-13-17-34(25-35)41-43-40(31(4)45(41)6)33-15-9-7-10-16-33;/h7-15,17-24,27,33H,16H2,1-6H3;/q-3;/t33-;/m1./s1. The summed E-state index contributed by atoms with van der Waals surface area (Å²) in [4.78, 5) is 7.31. The molecule has 48 heavy (non-hydrogen) atoms. The van der Waals surface area contributed by atoms with E-state index < -0.39 is 0 Å². The van der Waals surface area contributed by atoms with Gasteiger partial charge in [-0.05, 0) is 53.2 Å². The maximum Gasteiger partial charge on any atom is 0.198 e. The van der Waals surface area contributed by atoms with Crippen molar-refractivity contribution in [2.45, 2.75) is 47.0 Å². The molecule has 0 N–H and O–H groups in total. The first kappa shape index (κ1) is 33.5. The van der Waals surface area contributed by atoms with E-state index in [1.165, 1.54) is 27.8 Å². The van der Waals surface area contributed by atoms with Crippen LogP contribution in [0.1, 0.15) is 47.3 Å². The van der Waals surface area contributed by atoms with Gasteiger partial charge in [0.05, 0.1) is 17.4 Å². The number of benzene rings is 4. The van der Waals surface area contributed by atoms with E-state index in [1.807, 2.05) is 36.8 Å². The minimum Gasteiger partial charge on any atom is -0.460 e. The molecule has 1 atom stereocenters. The number of nitrogens with zero attached hydrogens (tertiary/aromatic N) is 5. The number of hydrazone groups is 1. The van der Waals surface area contributed by atoms with Crippen molar-refractivity contribution < 1.29 is 21.1 Å². The average Bonchev–Trinajstić information content (AvgIpc) is 3.62. The normalized spacial score (nSPS) is 15.5. The SMILES string of the molecule is CC1=NN(c2[c-]c(B(c3[c-]c(-c4nc([C@@H]5C=CC=CC5)c(C)n4C)ccc3)c3c(C)cc(C)cc3C)ccc2)[CH-]N1c1ccccc1.[Pt]. The molecule has 1 aromatic heterocycles. The molecule has 7 heteroatoms. The average molecular weight is 808 g/mol. The third kappa shape index (κ3) is 6.39. The number of aromatic nitrogens is 2. The topological polar surface area (TPSA) is 36.7 Å². The van der Waals surface area contributed by atoms with Crippen molar-refractivity contribution in [2.75, 3.05) is 9.91 Å². The van der Waals surface area contributed by atoms with Crippen LogP contribution in [0.2, 0.25) is 0 Å². The molecule has 0 bridgehead atoms. The van der Waals surface area contributed by atoms with Gasteiger partial charge in [-0.3, -0.25) is 4.98 Å². The third-order valence-corrected chi connectivity index (χ3v) is 9.37. The minimum absolute atomic E-state index is 0. The van der Waals surface area contributed by atoms with Crippen LogP contribution in [0.5, 0.6) is 0 Å². The Balaban J connectivity index is 0.00000401. The van der Waals surface area contributed by atoms with E-state index in [2.05, 4.69) is 141 Å². The summed E-state index contributed by atoms with van der Waals surface area (Å²) < 4.78 is 2.21. The number of para-hydroxylation sites is 1. The monoisotopic (exact) mass is 807 g/mol. The fourth-order valence-corrected chi connectivity index (χ4v) is 7.04. The van der Waals surface area contributed by atoms with Crippen LogP contribution < -0.4 is 26.3 Å². The zero-order valence-electron chi connectivity index (χ0n) is 28.3. The smallest absolute Gasteiger partial charge is 0.198 e. The number of aryl methyl sites for hydroxylation is 3. The molecule has 0 saturated heterocycles. The number of rotatable bonds is 7. The zero-order valence-corrected chi connectivity index (χ0v) is 30.6. The molecule has 5 aromatic rings. The summed E-state index contributed by atoms with van der Waals surface area (Å²) in [6.45, 7) is 12.7. The maximum atomic E-state index is 5.21. The predicted molar refractivity (Wildman–Crippen MR) is 197 cm³/mol. The first-order valence-electron chi connectivity index (χ1n) is 16.3. The molecule has 2 heterocycles. The number of imidazole rings is 1. The number of anilines is 2. The van der Waals surface area contributed by atoms with Gasteiger partial charge in [-0.1, -0.05) is 82.5 Å². The Morgan fingerprint density at radius 2 is 1.54 bits per heavy atom. The summed E-state index contributed by atoms with van der Waals surface area (Å²) in [5.41, 5.74) is 12.5. The number of hydrogen-bond acceptors (Lipinski definition) is 4. The first-order valence-corrected chi connectivity index (χ1v) is 16.3. The van der Waals surface area contributed by atoms with Crippen molar-refractivity contribution in [1.82, 2.24) is 9.55 Å². The molecule has 0 amide bonds. The van der Waals surface area contributed by atoms with Gasteiger partial charge in [0.25, 0.3) is 0 Å². The van der Waals surface area contributed by atoms with E-state index in [4.69, 9.17) is 10.1 Å². The minimum atomic E-state index is -0.0827. The molecule has 2 aliphatic rings. The second-order valence-electron chi connectivity index (χ2n) is 12.7. The van der Waals surface area contributed by atoms with E-state index in [1.54, 1.807) is 0 Å². The summed E-state index contributed by atoms with van der Waals surface area (Å²) >= 11 is 0. The zero-order chi connectivity index (χ0) is 32.7. The molecule has 0 radical (unpaired) electrons. The van der Waals surface area contributed by atoms with Crippen molar-refractivity contribution in [3.05, 3.63) is 150 Å². The van der Waals surface area contributed by atoms with E-state index in [9.17, 15) is 0 Å². The number of amidine groups is 1. The Hall–Kier alpha value is -4.41. The summed E-state index contributed by atoms with van der Waals surface area (Å²) in [7, 11) is 2.11. The van der Waals surface area contributed by atoms with Gasteiger partial charge in [-0.25, -0.2) is 0 Å². The van der Waals surface area contributed by atoms with Crippen molar-refractivity contribution in [3.63, 3.8) is 0 Å². The Morgan fingerprint density at radius 1 is 0.833 bits per heavy atom. The molecule has 0 fully saturated rings. The van der Waals surface area contributed by atoms with Crippen LogP contribution in [-0.4, -0.2) is 22.1 Å². The van der Waals surface area contributed by atoms with Crippen LogP contribution >= 0.6 is 0 Å². The molecular weight excluding hydrogens is 768 g/mol. The van der Waals surface area contributed by atoms with E-state index in [-0.39, 0.29) is 33.7 Å². The van der Waals surface area contributed by atoms with Crippen molar-refractivity contribution in [2.24, 2.45) is 12.1 Å². The Labute approximate surface area is 300 Å². The van der Waals surface area contributed by atoms with Crippen LogP contribution in [0.4, 0.5) is 11.4 Å². The van der Waals surface area contributed by atoms with Crippen molar-refractivity contribution in [3.8, 4) is 11.4 Å². The first-order chi connectivity index (χ1) is 22.8. The van der Waals surface area contributed by atoms with Crippen LogP contribution in [0.25, 0.3) is 11.4 Å². The second kappa shape index (κ2) is 14.0. The molecule has 0 spiro atoms. The van der Waals surface area contributed by atoms with Gasteiger partial charge in [0.1, 0.15) is 0 Å². The molecule has 0 unspecified atom stereocenters. The Morgan fingerprint density at radius 3 is 2.25 bits per heavy atom. The molecule has 1 aliphatic heterocycles. The molecule has 4 aromatic carbocycles. The van der Waals surface area contributed by atoms with Crippen molar-refractivity contribution >= 4 is 40.3 Å². The van der Waals surface area contributed by atoms with Gasteiger partial charge >= 0.3 is 0 Å². The predicted octanol–water partition coefficient (Wildman–Crippen LogP) is 6.81. The summed E-state index contributed by atoms with van der Waals surface area (Å²) in [5.74, 6) is 2.13. The van der Waals surface area contributed by atoms with Crippen LogP contribution in [0.15, 0.2) is 108 Å². The fraction of sp³-hybridized carbons (Fsp3) is 0.195. The maximum absolute atomic E-state index is 5.21. The molecule has 1 aliphatic carbocycles. The van der Waals surface area contributed by atoms with Gasteiger partial charge in [-0.15, -0.1) is 42.6 Å². The molecule has 244 valence electrons. The summed E-state index contributed by atoms with van der Waals surface area (Å²) in [6.07, 6.45) is 9.69. The van der Waals surface area contributed by atoms with Gasteiger partial charge in [0.2, 0.25) is 0 Å². The third-order valence-electron chi connectivity index (χ3n) is 9.37. The van der Waals surface area contributed by atoms with Crippen LogP contribution in [0, 0.1) is 46.5 Å². The fourth-order valence-electron chi connectivity index (χ4n) is 7.04. The molecular formula is C41H39BN5Pt-3. The Kier molecular flexibility index (Phi) is 9.76. The van der Waals surface area contributed by atoms with E-state index in [0.717, 1.165) is 51.6 Å². The van der Waals surface area contributed by atoms with Gasteiger partial charge in [-0.2, -0.15) is 34.2 Å². The van der Waals surface area contributed by atoms with E-state index in [0.29, 0.717) is 0 Å². The number of allylic oxidation sites excluding steroid dienone is 4.